The third-order valence-corrected chi connectivity index (χ3v) is 6.88. The van der Waals surface area contributed by atoms with E-state index in [1.807, 2.05) is 11.8 Å². The number of hydrogen-bond acceptors (Lipinski definition) is 2. The Morgan fingerprint density at radius 2 is 1.19 bits per heavy atom. The van der Waals surface area contributed by atoms with Crippen LogP contribution in [0.5, 0.6) is 0 Å². The number of rotatable bonds is 15. The minimum atomic E-state index is 0.131. The minimum Gasteiger partial charge on any atom is -0.367 e. The number of unbranched alkanes of at least 4 members (excludes halogenated alkanes) is 1. The minimum absolute atomic E-state index is 0.131. The van der Waals surface area contributed by atoms with Gasteiger partial charge in [-0.25, -0.2) is 0 Å². The molecule has 1 aliphatic rings. The van der Waals surface area contributed by atoms with E-state index in [9.17, 15) is 0 Å². The maximum Gasteiger partial charge on any atom is 0.0892 e. The van der Waals surface area contributed by atoms with Crippen molar-refractivity contribution < 1.29 is 4.74 Å². The van der Waals surface area contributed by atoms with E-state index in [0.717, 1.165) is 31.4 Å². The van der Waals surface area contributed by atoms with Gasteiger partial charge in [-0.05, 0) is 112 Å². The van der Waals surface area contributed by atoms with E-state index >= 15 is 0 Å². The lowest BCUT2D eigenvalue weighted by Gasteiger charge is -2.03. The predicted octanol–water partition coefficient (Wildman–Crippen LogP) is 9.73. The molecule has 0 spiro atoms. The van der Waals surface area contributed by atoms with Crippen molar-refractivity contribution in [1.82, 2.24) is 0 Å². The Kier molecular flexibility index (Phi) is 13.5. The normalized spacial score (nSPS) is 19.5. The summed E-state index contributed by atoms with van der Waals surface area (Å²) in [5.41, 5.74) is 6.09. The van der Waals surface area contributed by atoms with Gasteiger partial charge in [0.1, 0.15) is 0 Å². The zero-order valence-electron chi connectivity index (χ0n) is 21.6. The summed E-state index contributed by atoms with van der Waals surface area (Å²) in [6.07, 6.45) is 21.8. The molecular formula is C29H48OS. The second kappa shape index (κ2) is 15.0. The first kappa shape index (κ1) is 28.0. The average molecular weight is 445 g/mol. The molecule has 0 aromatic carbocycles. The molecule has 1 nitrogen and oxygen atoms in total. The Balaban J connectivity index is 2.15. The molecule has 1 rings (SSSR count). The molecule has 1 unspecified atom stereocenters. The Hall–Kier alpha value is -0.990. The molecule has 2 heteroatoms. The molecule has 1 saturated heterocycles. The number of ether oxygens (including phenoxy) is 1. The summed E-state index contributed by atoms with van der Waals surface area (Å²) >= 11 is 1.94. The fraction of sp³-hybridized carbons (Fsp3) is 0.655. The molecular weight excluding hydrogens is 396 g/mol. The number of epoxide rings is 1. The molecule has 31 heavy (non-hydrogen) atoms. The summed E-state index contributed by atoms with van der Waals surface area (Å²) in [7, 11) is 0. The van der Waals surface area contributed by atoms with Crippen LogP contribution >= 0.6 is 11.8 Å². The molecule has 0 amide bonds. The van der Waals surface area contributed by atoms with Crippen molar-refractivity contribution in [2.75, 3.05) is 5.75 Å². The van der Waals surface area contributed by atoms with Crippen molar-refractivity contribution >= 4 is 11.8 Å². The fourth-order valence-electron chi connectivity index (χ4n) is 3.51. The van der Waals surface area contributed by atoms with E-state index < -0.39 is 0 Å². The highest BCUT2D eigenvalue weighted by Crippen LogP contribution is 2.38. The van der Waals surface area contributed by atoms with Gasteiger partial charge in [0.15, 0.2) is 0 Å². The molecule has 0 saturated carbocycles. The lowest BCUT2D eigenvalue weighted by molar-refractivity contribution is 0.320. The monoisotopic (exact) mass is 444 g/mol. The van der Waals surface area contributed by atoms with Gasteiger partial charge in [-0.2, -0.15) is 0 Å². The Labute approximate surface area is 198 Å². The molecule has 0 aliphatic carbocycles. The zero-order valence-corrected chi connectivity index (χ0v) is 22.5. The lowest BCUT2D eigenvalue weighted by atomic mass is 10.0. The summed E-state index contributed by atoms with van der Waals surface area (Å²) in [6.45, 7) is 17.7. The summed E-state index contributed by atoms with van der Waals surface area (Å²) < 4.78 is 5.68. The number of hydrogen-bond donors (Lipinski definition) is 0. The van der Waals surface area contributed by atoms with Crippen molar-refractivity contribution in [3.05, 3.63) is 57.6 Å². The van der Waals surface area contributed by atoms with Crippen LogP contribution in [0.15, 0.2) is 57.6 Å². The molecule has 1 aliphatic heterocycles. The summed E-state index contributed by atoms with van der Waals surface area (Å²) in [5.74, 6) is 1.09. The summed E-state index contributed by atoms with van der Waals surface area (Å²) in [4.78, 5) is 1.44. The van der Waals surface area contributed by atoms with Crippen molar-refractivity contribution in [3.8, 4) is 0 Å². The average Bonchev–Trinajstić information content (AvgIpc) is 3.30. The highest BCUT2D eigenvalue weighted by atomic mass is 32.2. The van der Waals surface area contributed by atoms with Crippen LogP contribution in [0.1, 0.15) is 107 Å². The van der Waals surface area contributed by atoms with Crippen LogP contribution in [0.25, 0.3) is 0 Å². The molecule has 0 N–H and O–H groups in total. The van der Waals surface area contributed by atoms with Gasteiger partial charge in [0.25, 0.3) is 0 Å². The van der Waals surface area contributed by atoms with E-state index in [0.29, 0.717) is 6.10 Å². The Morgan fingerprint density at radius 3 is 1.71 bits per heavy atom. The highest BCUT2D eigenvalue weighted by Gasteiger charge is 2.46. The number of thioether (sulfide) groups is 1. The van der Waals surface area contributed by atoms with E-state index in [4.69, 9.17) is 4.74 Å². The van der Waals surface area contributed by atoms with Gasteiger partial charge < -0.3 is 4.74 Å². The van der Waals surface area contributed by atoms with Crippen molar-refractivity contribution in [2.24, 2.45) is 0 Å². The molecule has 1 fully saturated rings. The molecule has 1 heterocycles. The second-order valence-corrected chi connectivity index (χ2v) is 11.2. The first-order chi connectivity index (χ1) is 14.6. The molecule has 0 bridgehead atoms. The van der Waals surface area contributed by atoms with Crippen LogP contribution in [0.3, 0.4) is 0 Å². The van der Waals surface area contributed by atoms with Gasteiger partial charge in [-0.3, -0.25) is 0 Å². The highest BCUT2D eigenvalue weighted by molar-refractivity contribution is 8.03. The van der Waals surface area contributed by atoms with Gasteiger partial charge in [0.2, 0.25) is 0 Å². The largest absolute Gasteiger partial charge is 0.367 e. The van der Waals surface area contributed by atoms with E-state index in [2.05, 4.69) is 85.8 Å². The van der Waals surface area contributed by atoms with Crippen LogP contribution in [-0.2, 0) is 4.74 Å². The third-order valence-electron chi connectivity index (χ3n) is 5.92. The molecule has 0 radical (unpaired) electrons. The van der Waals surface area contributed by atoms with Gasteiger partial charge in [-0.1, -0.05) is 52.7 Å². The third kappa shape index (κ3) is 14.6. The zero-order chi connectivity index (χ0) is 23.3. The summed E-state index contributed by atoms with van der Waals surface area (Å²) in [5, 5.41) is 0. The van der Waals surface area contributed by atoms with Crippen LogP contribution < -0.4 is 0 Å². The van der Waals surface area contributed by atoms with Crippen molar-refractivity contribution in [1.29, 1.82) is 0 Å². The van der Waals surface area contributed by atoms with E-state index in [1.165, 1.54) is 52.9 Å². The maximum absolute atomic E-state index is 5.68. The molecule has 176 valence electrons. The number of allylic oxidation sites excluding steroid dienone is 9. The van der Waals surface area contributed by atoms with Gasteiger partial charge in [0, 0.05) is 5.75 Å². The smallest absolute Gasteiger partial charge is 0.0892 e. The maximum atomic E-state index is 5.68. The first-order valence-electron chi connectivity index (χ1n) is 12.2. The SMILES string of the molecule is CC(C)=CCS/C(C)=C/CC/C(C)=C/CC/C=C(\C)CC/C=C(\C)CCC1OC1(C)C. The van der Waals surface area contributed by atoms with Gasteiger partial charge in [-0.15, -0.1) is 11.8 Å². The topological polar surface area (TPSA) is 12.5 Å². The first-order valence-corrected chi connectivity index (χ1v) is 13.2. The van der Waals surface area contributed by atoms with Crippen LogP contribution in [-0.4, -0.2) is 17.5 Å². The van der Waals surface area contributed by atoms with Crippen LogP contribution in [0.2, 0.25) is 0 Å². The standard InChI is InChI=1S/C29H48OS/c1-23(2)21-22-31-27(6)18-12-17-25(4)14-10-9-13-24(3)15-11-16-26(5)19-20-28-29(7,8)30-28/h13-14,16,18,21,28H,9-12,15,17,19-20,22H2,1-8H3/b24-13+,25-14+,26-16+,27-18+. The Bertz CT molecular complexity index is 684. The van der Waals surface area contributed by atoms with Crippen LogP contribution in [0.4, 0.5) is 0 Å². The van der Waals surface area contributed by atoms with E-state index in [-0.39, 0.29) is 5.60 Å². The second-order valence-electron chi connectivity index (χ2n) is 9.96. The predicted molar refractivity (Wildman–Crippen MR) is 143 cm³/mol. The van der Waals surface area contributed by atoms with Crippen molar-refractivity contribution in [2.45, 2.75) is 118 Å². The molecule has 0 aromatic rings. The van der Waals surface area contributed by atoms with Gasteiger partial charge in [0.05, 0.1) is 11.7 Å². The quantitative estimate of drug-likeness (QED) is 0.141. The fourth-order valence-corrected chi connectivity index (χ4v) is 4.43. The van der Waals surface area contributed by atoms with Crippen molar-refractivity contribution in [3.63, 3.8) is 0 Å². The van der Waals surface area contributed by atoms with Gasteiger partial charge >= 0.3 is 0 Å². The summed E-state index contributed by atoms with van der Waals surface area (Å²) in [6, 6.07) is 0. The van der Waals surface area contributed by atoms with Crippen LogP contribution in [0, 0.1) is 0 Å². The molecule has 0 aromatic heterocycles. The lowest BCUT2D eigenvalue weighted by Crippen LogP contribution is -2.02. The molecule has 1 atom stereocenters. The van der Waals surface area contributed by atoms with E-state index in [1.54, 1.807) is 0 Å². The Morgan fingerprint density at radius 1 is 0.710 bits per heavy atom.